The summed E-state index contributed by atoms with van der Waals surface area (Å²) in [6.45, 7) is 4.23. The Morgan fingerprint density at radius 3 is 3.00 bits per heavy atom. The second-order valence-electron chi connectivity index (χ2n) is 5.75. The van der Waals surface area contributed by atoms with Gasteiger partial charge in [0.25, 0.3) is 5.91 Å². The number of hydrogen-bond donors (Lipinski definition) is 0. The predicted octanol–water partition coefficient (Wildman–Crippen LogP) is 3.40. The molecular weight excluding hydrogens is 296 g/mol. The average molecular weight is 316 g/mol. The molecule has 1 fully saturated rings. The number of hydrogen-bond acceptors (Lipinski definition) is 4. The van der Waals surface area contributed by atoms with E-state index in [4.69, 9.17) is 4.74 Å². The SMILES string of the molecule is COc1ccccc1/C=C1/SC(N2CCC[C@@H](C)C2)=NC1=O. The van der Waals surface area contributed by atoms with E-state index in [-0.39, 0.29) is 5.91 Å². The summed E-state index contributed by atoms with van der Waals surface area (Å²) in [5.41, 5.74) is 0.907. The molecule has 1 aromatic carbocycles. The highest BCUT2D eigenvalue weighted by atomic mass is 32.2. The Morgan fingerprint density at radius 1 is 1.41 bits per heavy atom. The Hall–Kier alpha value is -1.75. The highest BCUT2D eigenvalue weighted by Gasteiger charge is 2.28. The number of likely N-dealkylation sites (tertiary alicyclic amines) is 1. The summed E-state index contributed by atoms with van der Waals surface area (Å²) in [6, 6.07) is 7.69. The number of piperidine rings is 1. The summed E-state index contributed by atoms with van der Waals surface area (Å²) in [6.07, 6.45) is 4.29. The molecule has 1 saturated heterocycles. The first-order valence-corrected chi connectivity index (χ1v) is 8.39. The van der Waals surface area contributed by atoms with Crippen molar-refractivity contribution in [2.45, 2.75) is 19.8 Å². The number of carbonyl (C=O) groups is 1. The maximum Gasteiger partial charge on any atom is 0.286 e. The largest absolute Gasteiger partial charge is 0.496 e. The van der Waals surface area contributed by atoms with Gasteiger partial charge >= 0.3 is 0 Å². The van der Waals surface area contributed by atoms with Gasteiger partial charge in [0.15, 0.2) is 5.17 Å². The minimum Gasteiger partial charge on any atom is -0.496 e. The number of nitrogens with zero attached hydrogens (tertiary/aromatic N) is 2. The number of aliphatic imine (C=N–C) groups is 1. The van der Waals surface area contributed by atoms with Crippen molar-refractivity contribution < 1.29 is 9.53 Å². The van der Waals surface area contributed by atoms with E-state index in [2.05, 4.69) is 16.8 Å². The molecular formula is C17H20N2O2S. The van der Waals surface area contributed by atoms with Crippen LogP contribution in [0.4, 0.5) is 0 Å². The van der Waals surface area contributed by atoms with E-state index in [1.165, 1.54) is 24.6 Å². The van der Waals surface area contributed by atoms with Gasteiger partial charge in [-0.15, -0.1) is 0 Å². The van der Waals surface area contributed by atoms with Crippen molar-refractivity contribution >= 4 is 28.9 Å². The molecule has 4 nitrogen and oxygen atoms in total. The van der Waals surface area contributed by atoms with Crippen LogP contribution < -0.4 is 4.74 Å². The molecule has 22 heavy (non-hydrogen) atoms. The molecule has 2 heterocycles. The van der Waals surface area contributed by atoms with Crippen LogP contribution in [-0.2, 0) is 4.79 Å². The number of thioether (sulfide) groups is 1. The quantitative estimate of drug-likeness (QED) is 0.784. The number of para-hydroxylation sites is 1. The lowest BCUT2D eigenvalue weighted by Crippen LogP contribution is -2.37. The van der Waals surface area contributed by atoms with Crippen molar-refractivity contribution in [1.82, 2.24) is 4.90 Å². The topological polar surface area (TPSA) is 41.9 Å². The monoisotopic (exact) mass is 316 g/mol. The zero-order valence-corrected chi connectivity index (χ0v) is 13.7. The van der Waals surface area contributed by atoms with Crippen LogP contribution in [0.5, 0.6) is 5.75 Å². The Labute approximate surface area is 135 Å². The number of methoxy groups -OCH3 is 1. The lowest BCUT2D eigenvalue weighted by molar-refractivity contribution is -0.113. The number of amides is 1. The Kier molecular flexibility index (Phi) is 4.52. The van der Waals surface area contributed by atoms with Crippen molar-refractivity contribution in [1.29, 1.82) is 0 Å². The van der Waals surface area contributed by atoms with Crippen molar-refractivity contribution in [3.8, 4) is 5.75 Å². The van der Waals surface area contributed by atoms with Crippen molar-refractivity contribution in [3.63, 3.8) is 0 Å². The fourth-order valence-corrected chi connectivity index (χ4v) is 3.76. The maximum atomic E-state index is 12.2. The third-order valence-electron chi connectivity index (χ3n) is 3.96. The van der Waals surface area contributed by atoms with E-state index >= 15 is 0 Å². The lowest BCUT2D eigenvalue weighted by atomic mass is 10.0. The average Bonchev–Trinajstić information content (AvgIpc) is 2.89. The predicted molar refractivity (Wildman–Crippen MR) is 91.0 cm³/mol. The third-order valence-corrected chi connectivity index (χ3v) is 5.01. The number of benzene rings is 1. The van der Waals surface area contributed by atoms with E-state index in [1.807, 2.05) is 30.3 Å². The Bertz CT molecular complexity index is 639. The zero-order chi connectivity index (χ0) is 15.5. The molecule has 0 unspecified atom stereocenters. The summed E-state index contributed by atoms with van der Waals surface area (Å²) < 4.78 is 5.34. The van der Waals surface area contributed by atoms with E-state index < -0.39 is 0 Å². The minimum atomic E-state index is -0.149. The molecule has 1 amide bonds. The Morgan fingerprint density at radius 2 is 2.23 bits per heavy atom. The molecule has 2 aliphatic heterocycles. The fourth-order valence-electron chi connectivity index (χ4n) is 2.82. The maximum absolute atomic E-state index is 12.2. The van der Waals surface area contributed by atoms with Crippen molar-refractivity contribution in [2.24, 2.45) is 10.9 Å². The van der Waals surface area contributed by atoms with Gasteiger partial charge in [-0.2, -0.15) is 4.99 Å². The number of ether oxygens (including phenoxy) is 1. The summed E-state index contributed by atoms with van der Waals surface area (Å²) in [5, 5.41) is 0.845. The molecule has 0 spiro atoms. The van der Waals surface area contributed by atoms with Crippen LogP contribution in [0.3, 0.4) is 0 Å². The van der Waals surface area contributed by atoms with Crippen LogP contribution in [-0.4, -0.2) is 36.2 Å². The molecule has 0 aliphatic carbocycles. The number of rotatable bonds is 2. The smallest absolute Gasteiger partial charge is 0.286 e. The molecule has 0 aromatic heterocycles. The van der Waals surface area contributed by atoms with Gasteiger partial charge in [0, 0.05) is 18.7 Å². The molecule has 116 valence electrons. The second-order valence-corrected chi connectivity index (χ2v) is 6.75. The minimum absolute atomic E-state index is 0.149. The van der Waals surface area contributed by atoms with Gasteiger partial charge in [-0.3, -0.25) is 4.79 Å². The first-order valence-electron chi connectivity index (χ1n) is 7.58. The van der Waals surface area contributed by atoms with Crippen LogP contribution in [0, 0.1) is 5.92 Å². The third kappa shape index (κ3) is 3.19. The zero-order valence-electron chi connectivity index (χ0n) is 12.9. The summed E-state index contributed by atoms with van der Waals surface area (Å²) in [4.78, 5) is 19.3. The van der Waals surface area contributed by atoms with Gasteiger partial charge in [-0.05, 0) is 42.7 Å². The summed E-state index contributed by atoms with van der Waals surface area (Å²) in [7, 11) is 1.64. The Balaban J connectivity index is 1.78. The molecule has 3 rings (SSSR count). The normalized spacial score (nSPS) is 23.8. The van der Waals surface area contributed by atoms with Crippen molar-refractivity contribution in [3.05, 3.63) is 34.7 Å². The summed E-state index contributed by atoms with van der Waals surface area (Å²) >= 11 is 1.47. The van der Waals surface area contributed by atoms with Crippen LogP contribution in [0.2, 0.25) is 0 Å². The highest BCUT2D eigenvalue weighted by Crippen LogP contribution is 2.33. The van der Waals surface area contributed by atoms with Crippen LogP contribution in [0.25, 0.3) is 6.08 Å². The van der Waals surface area contributed by atoms with Gasteiger partial charge in [0.2, 0.25) is 0 Å². The molecule has 2 aliphatic rings. The van der Waals surface area contributed by atoms with E-state index in [0.29, 0.717) is 10.8 Å². The van der Waals surface area contributed by atoms with Gasteiger partial charge < -0.3 is 9.64 Å². The molecule has 1 aromatic rings. The highest BCUT2D eigenvalue weighted by molar-refractivity contribution is 8.18. The molecule has 0 saturated carbocycles. The molecule has 0 bridgehead atoms. The van der Waals surface area contributed by atoms with Gasteiger partial charge in [-0.25, -0.2) is 0 Å². The van der Waals surface area contributed by atoms with Gasteiger partial charge in [0.1, 0.15) is 5.75 Å². The van der Waals surface area contributed by atoms with E-state index in [0.717, 1.165) is 29.6 Å². The lowest BCUT2D eigenvalue weighted by Gasteiger charge is -2.31. The van der Waals surface area contributed by atoms with Gasteiger partial charge in [0.05, 0.1) is 12.0 Å². The molecule has 5 heteroatoms. The van der Waals surface area contributed by atoms with Crippen LogP contribution >= 0.6 is 11.8 Å². The van der Waals surface area contributed by atoms with Crippen LogP contribution in [0.1, 0.15) is 25.3 Å². The van der Waals surface area contributed by atoms with Crippen LogP contribution in [0.15, 0.2) is 34.2 Å². The molecule has 0 N–H and O–H groups in total. The standard InChI is InChI=1S/C17H20N2O2S/c1-12-6-5-9-19(11-12)17-18-16(20)15(22-17)10-13-7-3-4-8-14(13)21-2/h3-4,7-8,10,12H,5-6,9,11H2,1-2H3/b15-10+/t12-/m1/s1. The van der Waals surface area contributed by atoms with E-state index in [9.17, 15) is 4.79 Å². The van der Waals surface area contributed by atoms with E-state index in [1.54, 1.807) is 7.11 Å². The first kappa shape index (κ1) is 15.2. The van der Waals surface area contributed by atoms with Crippen molar-refractivity contribution in [2.75, 3.05) is 20.2 Å². The number of carbonyl (C=O) groups excluding carboxylic acids is 1. The fraction of sp³-hybridized carbons (Fsp3) is 0.412. The summed E-state index contributed by atoms with van der Waals surface area (Å²) in [5.74, 6) is 1.28. The number of amidine groups is 1. The molecule has 0 radical (unpaired) electrons. The first-order chi connectivity index (χ1) is 10.7. The van der Waals surface area contributed by atoms with Gasteiger partial charge in [-0.1, -0.05) is 25.1 Å². The molecule has 1 atom stereocenters. The second kappa shape index (κ2) is 6.57.